The molecule has 2 aromatic carbocycles. The van der Waals surface area contributed by atoms with Gasteiger partial charge in [0.1, 0.15) is 5.75 Å². The van der Waals surface area contributed by atoms with E-state index in [0.717, 1.165) is 24.3 Å². The summed E-state index contributed by atoms with van der Waals surface area (Å²) in [6.45, 7) is 9.32. The van der Waals surface area contributed by atoms with E-state index in [2.05, 4.69) is 25.9 Å². The second kappa shape index (κ2) is 9.82. The molecule has 0 unspecified atom stereocenters. The highest BCUT2D eigenvalue weighted by atomic mass is 31.2. The van der Waals surface area contributed by atoms with E-state index < -0.39 is 7.52 Å². The van der Waals surface area contributed by atoms with Gasteiger partial charge < -0.3 is 14.3 Å². The minimum atomic E-state index is -3.29. The minimum absolute atomic E-state index is 0.0139. The van der Waals surface area contributed by atoms with Crippen molar-refractivity contribution in [3.05, 3.63) is 54.6 Å². The van der Waals surface area contributed by atoms with Crippen LogP contribution in [0.3, 0.4) is 0 Å². The number of hydrogen-bond acceptors (Lipinski definition) is 3. The number of benzene rings is 2. The lowest BCUT2D eigenvalue weighted by atomic mass is 9.75. The van der Waals surface area contributed by atoms with E-state index >= 15 is 0 Å². The Morgan fingerprint density at radius 2 is 1.76 bits per heavy atom. The molecule has 0 spiro atoms. The molecule has 2 aromatic rings. The summed E-state index contributed by atoms with van der Waals surface area (Å²) in [4.78, 5) is 0. The van der Waals surface area contributed by atoms with Gasteiger partial charge in [-0.3, -0.25) is 4.57 Å². The van der Waals surface area contributed by atoms with Crippen molar-refractivity contribution in [1.29, 1.82) is 0 Å². The van der Waals surface area contributed by atoms with Crippen molar-refractivity contribution < 1.29 is 13.8 Å². The van der Waals surface area contributed by atoms with Gasteiger partial charge in [-0.25, -0.2) is 0 Å². The Hall–Kier alpha value is -1.77. The molecule has 1 saturated carbocycles. The Balaban J connectivity index is 1.88. The highest BCUT2D eigenvalue weighted by Crippen LogP contribution is 2.51. The van der Waals surface area contributed by atoms with Crippen LogP contribution < -0.4 is 15.1 Å². The Labute approximate surface area is 175 Å². The van der Waals surface area contributed by atoms with E-state index in [-0.39, 0.29) is 6.10 Å². The third kappa shape index (κ3) is 5.65. The molecular formula is C24H34NO3P. The molecule has 4 atom stereocenters. The number of nitrogens with one attached hydrogen (secondary N) is 1. The fraction of sp³-hybridized carbons (Fsp3) is 0.500. The summed E-state index contributed by atoms with van der Waals surface area (Å²) in [7, 11) is -3.29. The first-order valence-corrected chi connectivity index (χ1v) is 12.4. The lowest BCUT2D eigenvalue weighted by Gasteiger charge is -2.39. The summed E-state index contributed by atoms with van der Waals surface area (Å²) in [6, 6.07) is 17.1. The van der Waals surface area contributed by atoms with Crippen LogP contribution in [0.4, 0.5) is 5.69 Å². The lowest BCUT2D eigenvalue weighted by Crippen LogP contribution is -2.35. The van der Waals surface area contributed by atoms with Gasteiger partial charge in [0, 0.05) is 5.69 Å². The molecule has 0 radical (unpaired) electrons. The van der Waals surface area contributed by atoms with Gasteiger partial charge in [-0.05, 0) is 73.9 Å². The molecule has 1 aliphatic rings. The number of anilines is 1. The van der Waals surface area contributed by atoms with Crippen molar-refractivity contribution in [3.8, 4) is 5.75 Å². The molecular weight excluding hydrogens is 381 g/mol. The van der Waals surface area contributed by atoms with Gasteiger partial charge in [-0.2, -0.15) is 0 Å². The van der Waals surface area contributed by atoms with Gasteiger partial charge in [0.2, 0.25) is 0 Å². The smallest absolute Gasteiger partial charge is 0.324 e. The molecule has 29 heavy (non-hydrogen) atoms. The van der Waals surface area contributed by atoms with Crippen molar-refractivity contribution in [2.75, 3.05) is 11.7 Å². The predicted molar refractivity (Wildman–Crippen MR) is 121 cm³/mol. The topological polar surface area (TPSA) is 47.6 Å². The summed E-state index contributed by atoms with van der Waals surface area (Å²) in [5, 5.41) is 3.94. The first kappa shape index (κ1) is 21.9. The standard InChI is InChI=1S/C24H34NO3P/c1-5-27-21-14-12-20(13-15-21)25-29(26,22-9-7-6-8-10-22)28-24-17-19(4)11-16-23(24)18(2)3/h6-10,12-15,18-19,23-24H,5,11,16-17H2,1-4H3,(H,25,26)/t19-,23+,24-,29-/m0/s1. The van der Waals surface area contributed by atoms with Crippen molar-refractivity contribution >= 4 is 18.5 Å². The Bertz CT molecular complexity index is 807. The average molecular weight is 416 g/mol. The van der Waals surface area contributed by atoms with Crippen molar-refractivity contribution in [2.24, 2.45) is 17.8 Å². The molecule has 5 heteroatoms. The summed E-state index contributed by atoms with van der Waals surface area (Å²) >= 11 is 0. The molecule has 0 heterocycles. The van der Waals surface area contributed by atoms with E-state index in [1.54, 1.807) is 0 Å². The Morgan fingerprint density at radius 1 is 1.07 bits per heavy atom. The Morgan fingerprint density at radius 3 is 2.38 bits per heavy atom. The van der Waals surface area contributed by atoms with Crippen LogP contribution in [0.15, 0.2) is 54.6 Å². The van der Waals surface area contributed by atoms with E-state index in [4.69, 9.17) is 9.26 Å². The van der Waals surface area contributed by atoms with Crippen LogP contribution in [-0.4, -0.2) is 12.7 Å². The molecule has 0 bridgehead atoms. The normalized spacial score (nSPS) is 24.1. The zero-order valence-electron chi connectivity index (χ0n) is 18.0. The van der Waals surface area contributed by atoms with Crippen LogP contribution in [0.25, 0.3) is 0 Å². The highest BCUT2D eigenvalue weighted by Gasteiger charge is 2.38. The van der Waals surface area contributed by atoms with Crippen LogP contribution in [0, 0.1) is 17.8 Å². The van der Waals surface area contributed by atoms with Crippen LogP contribution >= 0.6 is 7.52 Å². The summed E-state index contributed by atoms with van der Waals surface area (Å²) in [5.74, 6) is 2.31. The maximum Gasteiger partial charge on any atom is 0.324 e. The molecule has 1 fully saturated rings. The zero-order chi connectivity index (χ0) is 20.9. The Kier molecular flexibility index (Phi) is 7.43. The summed E-state index contributed by atoms with van der Waals surface area (Å²) in [6.07, 6.45) is 3.27. The highest BCUT2D eigenvalue weighted by molar-refractivity contribution is 7.68. The van der Waals surface area contributed by atoms with E-state index in [9.17, 15) is 4.57 Å². The molecule has 3 rings (SSSR count). The molecule has 0 amide bonds. The molecule has 4 nitrogen and oxygen atoms in total. The summed E-state index contributed by atoms with van der Waals surface area (Å²) in [5.41, 5.74) is 0.769. The molecule has 158 valence electrons. The molecule has 0 saturated heterocycles. The quantitative estimate of drug-likeness (QED) is 0.500. The van der Waals surface area contributed by atoms with Gasteiger partial charge in [-0.1, -0.05) is 45.4 Å². The first-order chi connectivity index (χ1) is 13.9. The first-order valence-electron chi connectivity index (χ1n) is 10.8. The SMILES string of the molecule is CCOc1ccc(N[P@@](=O)(O[C@H]2C[C@@H](C)CC[C@@H]2C(C)C)c2ccccc2)cc1. The van der Waals surface area contributed by atoms with Gasteiger partial charge in [0.15, 0.2) is 0 Å². The second-order valence-electron chi connectivity index (χ2n) is 8.43. The molecule has 0 aromatic heterocycles. The third-order valence-electron chi connectivity index (χ3n) is 5.78. The monoisotopic (exact) mass is 415 g/mol. The second-order valence-corrected chi connectivity index (χ2v) is 10.5. The van der Waals surface area contributed by atoms with Crippen LogP contribution in [0.5, 0.6) is 5.75 Å². The van der Waals surface area contributed by atoms with Gasteiger partial charge in [-0.15, -0.1) is 0 Å². The fourth-order valence-electron chi connectivity index (χ4n) is 4.16. The maximum absolute atomic E-state index is 14.2. The van der Waals surface area contributed by atoms with Gasteiger partial charge >= 0.3 is 7.52 Å². The molecule has 1 aliphatic carbocycles. The van der Waals surface area contributed by atoms with E-state index in [0.29, 0.717) is 29.7 Å². The average Bonchev–Trinajstić information content (AvgIpc) is 2.70. The van der Waals surface area contributed by atoms with E-state index in [1.165, 1.54) is 6.42 Å². The fourth-order valence-corrected chi connectivity index (χ4v) is 6.15. The van der Waals surface area contributed by atoms with Gasteiger partial charge in [0.25, 0.3) is 0 Å². The lowest BCUT2D eigenvalue weighted by molar-refractivity contribution is 0.0506. The van der Waals surface area contributed by atoms with Crippen LogP contribution in [0.2, 0.25) is 0 Å². The third-order valence-corrected chi connectivity index (χ3v) is 7.88. The van der Waals surface area contributed by atoms with Crippen molar-refractivity contribution in [3.63, 3.8) is 0 Å². The minimum Gasteiger partial charge on any atom is -0.494 e. The van der Waals surface area contributed by atoms with Gasteiger partial charge in [0.05, 0.1) is 18.0 Å². The zero-order valence-corrected chi connectivity index (χ0v) is 18.9. The van der Waals surface area contributed by atoms with Crippen molar-refractivity contribution in [1.82, 2.24) is 0 Å². The number of rotatable bonds is 8. The maximum atomic E-state index is 14.2. The van der Waals surface area contributed by atoms with E-state index in [1.807, 2.05) is 61.5 Å². The number of ether oxygens (including phenoxy) is 1. The van der Waals surface area contributed by atoms with Crippen LogP contribution in [-0.2, 0) is 9.09 Å². The van der Waals surface area contributed by atoms with Crippen LogP contribution in [0.1, 0.15) is 47.0 Å². The summed E-state index contributed by atoms with van der Waals surface area (Å²) < 4.78 is 26.2. The van der Waals surface area contributed by atoms with Crippen molar-refractivity contribution in [2.45, 2.75) is 53.1 Å². The predicted octanol–water partition coefficient (Wildman–Crippen LogP) is 6.49. The molecule has 0 aliphatic heterocycles. The molecule has 1 N–H and O–H groups in total. The number of hydrogen-bond donors (Lipinski definition) is 1. The largest absolute Gasteiger partial charge is 0.494 e.